The molecule has 0 aliphatic heterocycles. The first-order valence-corrected chi connectivity index (χ1v) is 3.51. The summed E-state index contributed by atoms with van der Waals surface area (Å²) in [5.41, 5.74) is 0. The van der Waals surface area contributed by atoms with Crippen molar-refractivity contribution in [1.82, 2.24) is 5.32 Å². The van der Waals surface area contributed by atoms with E-state index >= 15 is 0 Å². The fraction of sp³-hybridized carbons (Fsp3) is 0.857. The molecule has 0 bridgehead atoms. The number of hydrogen-bond donors (Lipinski definition) is 1. The molecule has 1 unspecified atom stereocenters. The summed E-state index contributed by atoms with van der Waals surface area (Å²) in [5, 5.41) is 11.7. The van der Waals surface area contributed by atoms with E-state index in [0.29, 0.717) is 12.6 Å². The summed E-state index contributed by atoms with van der Waals surface area (Å²) in [5.74, 6) is 0. The van der Waals surface area contributed by atoms with Crippen LogP contribution in [0.15, 0.2) is 0 Å². The Morgan fingerprint density at radius 1 is 1.80 bits per heavy atom. The first-order valence-electron chi connectivity index (χ1n) is 3.51. The minimum Gasteiger partial charge on any atom is -0.382 e. The van der Waals surface area contributed by atoms with E-state index in [2.05, 4.69) is 11.4 Å². The van der Waals surface area contributed by atoms with Crippen LogP contribution >= 0.6 is 0 Å². The maximum atomic E-state index is 8.54. The van der Waals surface area contributed by atoms with Crippen LogP contribution in [0.1, 0.15) is 12.8 Å². The number of nitrogens with one attached hydrogen (secondary N) is 1. The number of hydrogen-bond acceptors (Lipinski definition) is 3. The molecule has 1 N–H and O–H groups in total. The van der Waals surface area contributed by atoms with E-state index < -0.39 is 0 Å². The quantitative estimate of drug-likeness (QED) is 0.610. The number of nitriles is 1. The molecule has 56 valence electrons. The van der Waals surface area contributed by atoms with Gasteiger partial charge in [0.2, 0.25) is 0 Å². The first-order chi connectivity index (χ1) is 4.86. The second-order valence-corrected chi connectivity index (χ2v) is 2.58. The van der Waals surface area contributed by atoms with Crippen molar-refractivity contribution in [3.05, 3.63) is 0 Å². The van der Waals surface area contributed by atoms with Crippen LogP contribution in [0.25, 0.3) is 0 Å². The van der Waals surface area contributed by atoms with Gasteiger partial charge in [0, 0.05) is 13.2 Å². The summed E-state index contributed by atoms with van der Waals surface area (Å²) < 4.78 is 4.84. The highest BCUT2D eigenvalue weighted by Crippen LogP contribution is 2.19. The van der Waals surface area contributed by atoms with Crippen LogP contribution in [0.5, 0.6) is 0 Å². The molecule has 3 nitrogen and oxygen atoms in total. The van der Waals surface area contributed by atoms with Crippen LogP contribution in [-0.2, 0) is 4.74 Å². The summed E-state index contributed by atoms with van der Waals surface area (Å²) in [6.07, 6.45) is 2.42. The molecule has 0 spiro atoms. The first kappa shape index (κ1) is 7.52. The van der Waals surface area contributed by atoms with Gasteiger partial charge < -0.3 is 4.74 Å². The molecule has 10 heavy (non-hydrogen) atoms. The highest BCUT2D eigenvalue weighted by atomic mass is 16.5. The molecule has 1 aliphatic rings. The van der Waals surface area contributed by atoms with Crippen LogP contribution in [0, 0.1) is 11.3 Å². The minimum absolute atomic E-state index is 0.113. The third kappa shape index (κ3) is 2.34. The zero-order valence-corrected chi connectivity index (χ0v) is 6.13. The highest BCUT2D eigenvalue weighted by molar-refractivity contribution is 4.95. The van der Waals surface area contributed by atoms with Gasteiger partial charge >= 0.3 is 0 Å². The lowest BCUT2D eigenvalue weighted by atomic mass is 10.3. The molecule has 0 amide bonds. The largest absolute Gasteiger partial charge is 0.382 e. The van der Waals surface area contributed by atoms with E-state index in [1.807, 2.05) is 0 Å². The van der Waals surface area contributed by atoms with E-state index in [9.17, 15) is 0 Å². The molecule has 1 atom stereocenters. The van der Waals surface area contributed by atoms with Gasteiger partial charge in [-0.1, -0.05) is 0 Å². The fourth-order valence-electron chi connectivity index (χ4n) is 0.824. The molecule has 0 saturated heterocycles. The average Bonchev–Trinajstić information content (AvgIpc) is 2.71. The van der Waals surface area contributed by atoms with Gasteiger partial charge in [-0.2, -0.15) is 5.26 Å². The molecule has 0 aromatic rings. The van der Waals surface area contributed by atoms with Gasteiger partial charge in [0.15, 0.2) is 0 Å². The van der Waals surface area contributed by atoms with Crippen molar-refractivity contribution in [2.75, 3.05) is 13.7 Å². The summed E-state index contributed by atoms with van der Waals surface area (Å²) in [6.45, 7) is 0.493. The van der Waals surface area contributed by atoms with Crippen LogP contribution in [0.2, 0.25) is 0 Å². The number of rotatable bonds is 4. The predicted molar refractivity (Wildman–Crippen MR) is 37.4 cm³/mol. The van der Waals surface area contributed by atoms with Crippen molar-refractivity contribution in [2.24, 2.45) is 0 Å². The van der Waals surface area contributed by atoms with Crippen molar-refractivity contribution in [2.45, 2.75) is 24.9 Å². The Balaban J connectivity index is 2.13. The molecule has 0 aromatic heterocycles. The molecule has 0 heterocycles. The summed E-state index contributed by atoms with van der Waals surface area (Å²) in [6, 6.07) is 2.61. The van der Waals surface area contributed by atoms with E-state index in [1.165, 1.54) is 12.8 Å². The number of methoxy groups -OCH3 is 1. The Hall–Kier alpha value is -0.590. The van der Waals surface area contributed by atoms with Crippen LogP contribution in [0.3, 0.4) is 0 Å². The number of nitrogens with zero attached hydrogens (tertiary/aromatic N) is 1. The topological polar surface area (TPSA) is 45.0 Å². The molecular weight excluding hydrogens is 128 g/mol. The Bertz CT molecular complexity index is 137. The van der Waals surface area contributed by atoms with Gasteiger partial charge in [-0.25, -0.2) is 0 Å². The van der Waals surface area contributed by atoms with Crippen molar-refractivity contribution in [3.63, 3.8) is 0 Å². The molecule has 3 heteroatoms. The second-order valence-electron chi connectivity index (χ2n) is 2.58. The molecule has 1 aliphatic carbocycles. The molecule has 1 rings (SSSR count). The van der Waals surface area contributed by atoms with Gasteiger partial charge in [0.1, 0.15) is 6.04 Å². The Morgan fingerprint density at radius 3 is 2.90 bits per heavy atom. The predicted octanol–water partition coefficient (Wildman–Crippen LogP) is 0.277. The zero-order chi connectivity index (χ0) is 7.40. The average molecular weight is 140 g/mol. The van der Waals surface area contributed by atoms with E-state index in [-0.39, 0.29) is 6.04 Å². The summed E-state index contributed by atoms with van der Waals surface area (Å²) in [4.78, 5) is 0. The lowest BCUT2D eigenvalue weighted by Crippen LogP contribution is -2.33. The van der Waals surface area contributed by atoms with Crippen LogP contribution < -0.4 is 5.32 Å². The number of ether oxygens (including phenoxy) is 1. The minimum atomic E-state index is -0.113. The third-order valence-corrected chi connectivity index (χ3v) is 1.50. The van der Waals surface area contributed by atoms with E-state index in [1.54, 1.807) is 7.11 Å². The highest BCUT2D eigenvalue weighted by Gasteiger charge is 2.23. The normalized spacial score (nSPS) is 20.0. The van der Waals surface area contributed by atoms with Crippen molar-refractivity contribution < 1.29 is 4.74 Å². The van der Waals surface area contributed by atoms with E-state index in [0.717, 1.165) is 0 Å². The Kier molecular flexibility index (Phi) is 2.67. The molecule has 0 radical (unpaired) electrons. The van der Waals surface area contributed by atoms with Crippen LogP contribution in [0.4, 0.5) is 0 Å². The monoisotopic (exact) mass is 140 g/mol. The van der Waals surface area contributed by atoms with Gasteiger partial charge in [0.05, 0.1) is 12.7 Å². The van der Waals surface area contributed by atoms with E-state index in [4.69, 9.17) is 10.00 Å². The molecule has 0 aromatic carbocycles. The van der Waals surface area contributed by atoms with Crippen molar-refractivity contribution in [1.29, 1.82) is 5.26 Å². The van der Waals surface area contributed by atoms with Crippen molar-refractivity contribution >= 4 is 0 Å². The Labute approximate surface area is 61.0 Å². The van der Waals surface area contributed by atoms with Crippen molar-refractivity contribution in [3.8, 4) is 6.07 Å². The summed E-state index contributed by atoms with van der Waals surface area (Å²) in [7, 11) is 1.61. The molecule has 1 saturated carbocycles. The fourth-order valence-corrected chi connectivity index (χ4v) is 0.824. The van der Waals surface area contributed by atoms with Gasteiger partial charge in [-0.3, -0.25) is 5.32 Å². The zero-order valence-electron chi connectivity index (χ0n) is 6.13. The maximum Gasteiger partial charge on any atom is 0.119 e. The Morgan fingerprint density at radius 2 is 2.50 bits per heavy atom. The summed E-state index contributed by atoms with van der Waals surface area (Å²) >= 11 is 0. The third-order valence-electron chi connectivity index (χ3n) is 1.50. The van der Waals surface area contributed by atoms with Gasteiger partial charge in [-0.15, -0.1) is 0 Å². The lowest BCUT2D eigenvalue weighted by molar-refractivity contribution is 0.182. The lowest BCUT2D eigenvalue weighted by Gasteiger charge is -2.07. The maximum absolute atomic E-state index is 8.54. The molecule has 1 fully saturated rings. The van der Waals surface area contributed by atoms with Gasteiger partial charge in [0.25, 0.3) is 0 Å². The van der Waals surface area contributed by atoms with Crippen LogP contribution in [-0.4, -0.2) is 25.8 Å². The van der Waals surface area contributed by atoms with Gasteiger partial charge in [-0.05, 0) is 12.8 Å². The smallest absolute Gasteiger partial charge is 0.119 e. The SMILES string of the molecule is COCC(C#N)NC1CC1. The molecular formula is C7H12N2O. The second kappa shape index (κ2) is 3.55. The standard InChI is InChI=1S/C7H12N2O/c1-10-5-7(4-8)9-6-2-3-6/h6-7,9H,2-3,5H2,1H3.